The molecule has 0 saturated heterocycles. The lowest BCUT2D eigenvalue weighted by molar-refractivity contribution is 0.922. The highest BCUT2D eigenvalue weighted by molar-refractivity contribution is 7.98. The van der Waals surface area contributed by atoms with Gasteiger partial charge >= 0.3 is 0 Å². The van der Waals surface area contributed by atoms with Crippen molar-refractivity contribution >= 4 is 17.4 Å². The van der Waals surface area contributed by atoms with Crippen LogP contribution in [-0.2, 0) is 12.3 Å². The number of thioether (sulfide) groups is 1. The Hall–Kier alpha value is -2.19. The Morgan fingerprint density at radius 3 is 1.87 bits per heavy atom. The molecule has 0 aliphatic rings. The molecule has 2 heteroatoms. The summed E-state index contributed by atoms with van der Waals surface area (Å²) >= 11 is 1.88. The fraction of sp³-hybridized carbons (Fsp3) is 0.143. The number of hydrogen-bond acceptors (Lipinski definition) is 2. The maximum Gasteiger partial charge on any atom is 0.0426 e. The van der Waals surface area contributed by atoms with Gasteiger partial charge in [0.2, 0.25) is 0 Å². The number of hydrogen-bond donors (Lipinski definition) is 0. The van der Waals surface area contributed by atoms with Crippen molar-refractivity contribution in [2.45, 2.75) is 17.2 Å². The largest absolute Gasteiger partial charge is 0.370 e. The molecule has 0 N–H and O–H groups in total. The van der Waals surface area contributed by atoms with Crippen LogP contribution in [0.1, 0.15) is 11.1 Å². The minimum atomic E-state index is 0.928. The van der Waals surface area contributed by atoms with Crippen molar-refractivity contribution in [3.63, 3.8) is 0 Å². The van der Waals surface area contributed by atoms with Crippen molar-refractivity contribution in [1.82, 2.24) is 0 Å². The van der Waals surface area contributed by atoms with Crippen LogP contribution < -0.4 is 4.90 Å². The third-order valence-electron chi connectivity index (χ3n) is 3.79. The minimum Gasteiger partial charge on any atom is -0.370 e. The zero-order chi connectivity index (χ0) is 15.9. The van der Waals surface area contributed by atoms with E-state index in [0.29, 0.717) is 0 Å². The van der Waals surface area contributed by atoms with E-state index < -0.39 is 0 Å². The van der Waals surface area contributed by atoms with E-state index in [1.165, 1.54) is 21.7 Å². The predicted molar refractivity (Wildman–Crippen MR) is 101 cm³/mol. The Morgan fingerprint density at radius 2 is 1.26 bits per heavy atom. The molecule has 0 spiro atoms. The first-order valence-electron chi connectivity index (χ1n) is 7.83. The van der Waals surface area contributed by atoms with Crippen molar-refractivity contribution < 1.29 is 0 Å². The predicted octanol–water partition coefficient (Wildman–Crippen LogP) is 5.62. The average molecular weight is 319 g/mol. The van der Waals surface area contributed by atoms with E-state index in [2.05, 4.69) is 96.9 Å². The van der Waals surface area contributed by atoms with Crippen LogP contribution in [0.3, 0.4) is 0 Å². The summed E-state index contributed by atoms with van der Waals surface area (Å²) in [5.74, 6) is 1.01. The summed E-state index contributed by atoms with van der Waals surface area (Å²) in [4.78, 5) is 3.59. The summed E-state index contributed by atoms with van der Waals surface area (Å²) in [6, 6.07) is 30.0. The van der Waals surface area contributed by atoms with Crippen LogP contribution in [0.5, 0.6) is 0 Å². The normalized spacial score (nSPS) is 10.5. The van der Waals surface area contributed by atoms with Crippen LogP contribution in [0.4, 0.5) is 5.69 Å². The first-order valence-corrected chi connectivity index (χ1v) is 8.82. The molecule has 0 heterocycles. The van der Waals surface area contributed by atoms with Crippen molar-refractivity contribution in [1.29, 1.82) is 0 Å². The Bertz CT molecular complexity index is 708. The number of rotatable bonds is 6. The maximum absolute atomic E-state index is 2.28. The SMILES string of the molecule is CN(Cc1ccccc1)c1ccc(SCc2ccccc2)cc1. The quantitative estimate of drug-likeness (QED) is 0.543. The van der Waals surface area contributed by atoms with Gasteiger partial charge in [0.15, 0.2) is 0 Å². The molecule has 0 saturated carbocycles. The second-order valence-corrected chi connectivity index (χ2v) is 6.66. The fourth-order valence-electron chi connectivity index (χ4n) is 2.49. The summed E-state index contributed by atoms with van der Waals surface area (Å²) in [5.41, 5.74) is 3.94. The molecule has 3 aromatic carbocycles. The topological polar surface area (TPSA) is 3.24 Å². The first-order chi connectivity index (χ1) is 11.3. The van der Waals surface area contributed by atoms with Crippen molar-refractivity contribution in [2.75, 3.05) is 11.9 Å². The van der Waals surface area contributed by atoms with Crippen LogP contribution >= 0.6 is 11.8 Å². The van der Waals surface area contributed by atoms with Gasteiger partial charge in [-0.05, 0) is 35.4 Å². The van der Waals surface area contributed by atoms with Crippen molar-refractivity contribution in [3.8, 4) is 0 Å². The van der Waals surface area contributed by atoms with Crippen LogP contribution in [0.25, 0.3) is 0 Å². The van der Waals surface area contributed by atoms with E-state index in [-0.39, 0.29) is 0 Å². The van der Waals surface area contributed by atoms with Crippen LogP contribution in [-0.4, -0.2) is 7.05 Å². The highest BCUT2D eigenvalue weighted by Crippen LogP contribution is 2.25. The standard InChI is InChI=1S/C21H21NS/c1-22(16-18-8-4-2-5-9-18)20-12-14-21(15-13-20)23-17-19-10-6-3-7-11-19/h2-15H,16-17H2,1H3. The molecule has 0 amide bonds. The van der Waals surface area contributed by atoms with Gasteiger partial charge in [0.05, 0.1) is 0 Å². The lowest BCUT2D eigenvalue weighted by Crippen LogP contribution is -2.15. The highest BCUT2D eigenvalue weighted by atomic mass is 32.2. The lowest BCUT2D eigenvalue weighted by Gasteiger charge is -2.19. The monoisotopic (exact) mass is 319 g/mol. The summed E-state index contributed by atoms with van der Waals surface area (Å²) in [6.45, 7) is 0.928. The third-order valence-corrected chi connectivity index (χ3v) is 4.87. The molecule has 0 aromatic heterocycles. The molecular formula is C21H21NS. The molecule has 0 aliphatic carbocycles. The molecule has 3 aromatic rings. The second kappa shape index (κ2) is 7.89. The van der Waals surface area contributed by atoms with Crippen molar-refractivity contribution in [3.05, 3.63) is 96.1 Å². The summed E-state index contributed by atoms with van der Waals surface area (Å²) in [5, 5.41) is 0. The van der Waals surface area contributed by atoms with E-state index in [4.69, 9.17) is 0 Å². The van der Waals surface area contributed by atoms with Gasteiger partial charge in [-0.15, -0.1) is 11.8 Å². The first kappa shape index (κ1) is 15.7. The lowest BCUT2D eigenvalue weighted by atomic mass is 10.2. The molecule has 3 rings (SSSR count). The summed E-state index contributed by atoms with van der Waals surface area (Å²) < 4.78 is 0. The molecule has 0 radical (unpaired) electrons. The van der Waals surface area contributed by atoms with E-state index in [1.807, 2.05) is 11.8 Å². The van der Waals surface area contributed by atoms with Gasteiger partial charge in [-0.3, -0.25) is 0 Å². The maximum atomic E-state index is 2.28. The summed E-state index contributed by atoms with van der Waals surface area (Å²) in [7, 11) is 2.14. The van der Waals surface area contributed by atoms with E-state index >= 15 is 0 Å². The second-order valence-electron chi connectivity index (χ2n) is 5.61. The number of benzene rings is 3. The van der Waals surface area contributed by atoms with Crippen LogP contribution in [0.15, 0.2) is 89.8 Å². The van der Waals surface area contributed by atoms with Crippen molar-refractivity contribution in [2.24, 2.45) is 0 Å². The molecule has 0 atom stereocenters. The Morgan fingerprint density at radius 1 is 0.696 bits per heavy atom. The highest BCUT2D eigenvalue weighted by Gasteiger charge is 2.03. The van der Waals surface area contributed by atoms with Gasteiger partial charge < -0.3 is 4.90 Å². The van der Waals surface area contributed by atoms with Gasteiger partial charge in [0.1, 0.15) is 0 Å². The molecular weight excluding hydrogens is 298 g/mol. The molecule has 0 aliphatic heterocycles. The van der Waals surface area contributed by atoms with Gasteiger partial charge in [-0.2, -0.15) is 0 Å². The fourth-order valence-corrected chi connectivity index (χ4v) is 3.34. The molecule has 116 valence electrons. The van der Waals surface area contributed by atoms with Crippen LogP contribution in [0, 0.1) is 0 Å². The Labute approximate surface area is 143 Å². The van der Waals surface area contributed by atoms with E-state index in [9.17, 15) is 0 Å². The van der Waals surface area contributed by atoms with Gasteiger partial charge in [0.25, 0.3) is 0 Å². The molecule has 1 nitrogen and oxygen atoms in total. The van der Waals surface area contributed by atoms with Gasteiger partial charge in [-0.1, -0.05) is 60.7 Å². The molecule has 0 bridgehead atoms. The van der Waals surface area contributed by atoms with E-state index in [1.54, 1.807) is 0 Å². The smallest absolute Gasteiger partial charge is 0.0426 e. The van der Waals surface area contributed by atoms with E-state index in [0.717, 1.165) is 12.3 Å². The van der Waals surface area contributed by atoms with Gasteiger partial charge in [-0.25, -0.2) is 0 Å². The number of anilines is 1. The molecule has 23 heavy (non-hydrogen) atoms. The Kier molecular flexibility index (Phi) is 5.38. The third kappa shape index (κ3) is 4.64. The van der Waals surface area contributed by atoms with Crippen LogP contribution in [0.2, 0.25) is 0 Å². The summed E-state index contributed by atoms with van der Waals surface area (Å²) in [6.07, 6.45) is 0. The van der Waals surface area contributed by atoms with Gasteiger partial charge in [0, 0.05) is 29.9 Å². The Balaban J connectivity index is 1.58. The zero-order valence-electron chi connectivity index (χ0n) is 13.4. The minimum absolute atomic E-state index is 0.928. The zero-order valence-corrected chi connectivity index (χ0v) is 14.2. The average Bonchev–Trinajstić information content (AvgIpc) is 2.62. The number of nitrogens with zero attached hydrogens (tertiary/aromatic N) is 1. The molecule has 0 unspecified atom stereocenters. The molecule has 0 fully saturated rings.